The SMILES string of the molecule is Cc1oc(-c2ccc(Cl)cc2)nc1CC(=O)N1CCOCC1C. The van der Waals surface area contributed by atoms with Gasteiger partial charge in [0.25, 0.3) is 0 Å². The van der Waals surface area contributed by atoms with Crippen LogP contribution < -0.4 is 0 Å². The Morgan fingerprint density at radius 2 is 2.13 bits per heavy atom. The van der Waals surface area contributed by atoms with Gasteiger partial charge in [0.1, 0.15) is 5.76 Å². The summed E-state index contributed by atoms with van der Waals surface area (Å²) in [7, 11) is 0. The van der Waals surface area contributed by atoms with Gasteiger partial charge in [0, 0.05) is 17.1 Å². The van der Waals surface area contributed by atoms with Gasteiger partial charge in [0.15, 0.2) is 0 Å². The Morgan fingerprint density at radius 3 is 2.83 bits per heavy atom. The van der Waals surface area contributed by atoms with E-state index in [4.69, 9.17) is 20.8 Å². The van der Waals surface area contributed by atoms with Crippen LogP contribution in [0.2, 0.25) is 5.02 Å². The van der Waals surface area contributed by atoms with Gasteiger partial charge < -0.3 is 14.1 Å². The first-order valence-electron chi connectivity index (χ1n) is 7.64. The molecule has 122 valence electrons. The summed E-state index contributed by atoms with van der Waals surface area (Å²) in [5.74, 6) is 1.24. The molecule has 1 aliphatic rings. The van der Waals surface area contributed by atoms with Crippen molar-refractivity contribution in [2.45, 2.75) is 26.3 Å². The maximum Gasteiger partial charge on any atom is 0.229 e. The van der Waals surface area contributed by atoms with Gasteiger partial charge >= 0.3 is 0 Å². The van der Waals surface area contributed by atoms with E-state index in [1.807, 2.05) is 30.9 Å². The average Bonchev–Trinajstić information content (AvgIpc) is 2.89. The zero-order chi connectivity index (χ0) is 16.4. The molecule has 3 rings (SSSR count). The Bertz CT molecular complexity index is 696. The molecule has 5 nitrogen and oxygen atoms in total. The molecule has 0 radical (unpaired) electrons. The standard InChI is InChI=1S/C17H19ClN2O3/c1-11-10-22-8-7-20(11)16(21)9-15-12(2)23-17(19-15)13-3-5-14(18)6-4-13/h3-6,11H,7-10H2,1-2H3. The summed E-state index contributed by atoms with van der Waals surface area (Å²) in [5, 5.41) is 0.661. The number of aromatic nitrogens is 1. The van der Waals surface area contributed by atoms with Gasteiger partial charge in [-0.25, -0.2) is 4.98 Å². The molecular weight excluding hydrogens is 316 g/mol. The van der Waals surface area contributed by atoms with Crippen molar-refractivity contribution < 1.29 is 13.9 Å². The van der Waals surface area contributed by atoms with Crippen molar-refractivity contribution in [3.8, 4) is 11.5 Å². The van der Waals surface area contributed by atoms with E-state index in [-0.39, 0.29) is 18.4 Å². The molecule has 1 unspecified atom stereocenters. The van der Waals surface area contributed by atoms with E-state index in [0.717, 1.165) is 5.56 Å². The highest BCUT2D eigenvalue weighted by molar-refractivity contribution is 6.30. The number of carbonyl (C=O) groups is 1. The molecule has 0 spiro atoms. The second-order valence-corrected chi connectivity index (χ2v) is 6.15. The smallest absolute Gasteiger partial charge is 0.229 e. The van der Waals surface area contributed by atoms with Gasteiger partial charge in [-0.3, -0.25) is 4.79 Å². The van der Waals surface area contributed by atoms with Crippen molar-refractivity contribution in [1.82, 2.24) is 9.88 Å². The fourth-order valence-electron chi connectivity index (χ4n) is 2.65. The first-order valence-corrected chi connectivity index (χ1v) is 8.02. The molecule has 1 aromatic heterocycles. The summed E-state index contributed by atoms with van der Waals surface area (Å²) in [6.07, 6.45) is 0.243. The third-order valence-corrected chi connectivity index (χ3v) is 4.24. The maximum atomic E-state index is 12.5. The van der Waals surface area contributed by atoms with Gasteiger partial charge in [-0.05, 0) is 38.1 Å². The molecule has 1 aliphatic heterocycles. The van der Waals surface area contributed by atoms with Crippen molar-refractivity contribution in [2.24, 2.45) is 0 Å². The molecule has 1 fully saturated rings. The topological polar surface area (TPSA) is 55.6 Å². The Balaban J connectivity index is 1.76. The molecule has 1 atom stereocenters. The minimum absolute atomic E-state index is 0.0554. The number of carbonyl (C=O) groups excluding carboxylic acids is 1. The van der Waals surface area contributed by atoms with Crippen LogP contribution in [0, 0.1) is 6.92 Å². The minimum atomic E-state index is 0.0554. The summed E-state index contributed by atoms with van der Waals surface area (Å²) in [5.41, 5.74) is 1.52. The lowest BCUT2D eigenvalue weighted by Gasteiger charge is -2.33. The number of morpholine rings is 1. The van der Waals surface area contributed by atoms with Gasteiger partial charge in [-0.2, -0.15) is 0 Å². The van der Waals surface area contributed by atoms with E-state index in [1.165, 1.54) is 0 Å². The predicted molar refractivity (Wildman–Crippen MR) is 87.4 cm³/mol. The lowest BCUT2D eigenvalue weighted by atomic mass is 10.2. The van der Waals surface area contributed by atoms with E-state index in [2.05, 4.69) is 4.98 Å². The summed E-state index contributed by atoms with van der Waals surface area (Å²) < 4.78 is 11.1. The van der Waals surface area contributed by atoms with Crippen molar-refractivity contribution in [2.75, 3.05) is 19.8 Å². The Hall–Kier alpha value is -1.85. The van der Waals surface area contributed by atoms with E-state index < -0.39 is 0 Å². The van der Waals surface area contributed by atoms with Crippen LogP contribution in [0.1, 0.15) is 18.4 Å². The van der Waals surface area contributed by atoms with E-state index in [0.29, 0.717) is 42.1 Å². The Labute approximate surface area is 140 Å². The van der Waals surface area contributed by atoms with Crippen LogP contribution in [0.3, 0.4) is 0 Å². The summed E-state index contributed by atoms with van der Waals surface area (Å²) in [6.45, 7) is 5.62. The molecule has 0 bridgehead atoms. The van der Waals surface area contributed by atoms with Crippen LogP contribution in [0.4, 0.5) is 0 Å². The summed E-state index contributed by atoms with van der Waals surface area (Å²) in [4.78, 5) is 18.8. The molecule has 0 aliphatic carbocycles. The molecule has 23 heavy (non-hydrogen) atoms. The van der Waals surface area contributed by atoms with Crippen LogP contribution in [-0.2, 0) is 16.0 Å². The van der Waals surface area contributed by atoms with Crippen LogP contribution in [-0.4, -0.2) is 41.6 Å². The van der Waals surface area contributed by atoms with E-state index in [1.54, 1.807) is 12.1 Å². The van der Waals surface area contributed by atoms with Gasteiger partial charge in [-0.1, -0.05) is 11.6 Å². The Morgan fingerprint density at radius 1 is 1.39 bits per heavy atom. The van der Waals surface area contributed by atoms with E-state index >= 15 is 0 Å². The average molecular weight is 335 g/mol. The van der Waals surface area contributed by atoms with E-state index in [9.17, 15) is 4.79 Å². The molecule has 1 saturated heterocycles. The van der Waals surface area contributed by atoms with Gasteiger partial charge in [-0.15, -0.1) is 0 Å². The number of oxazole rings is 1. The predicted octanol–water partition coefficient (Wildman–Crippen LogP) is 3.09. The van der Waals surface area contributed by atoms with Crippen molar-refractivity contribution in [3.05, 3.63) is 40.7 Å². The zero-order valence-electron chi connectivity index (χ0n) is 13.2. The molecule has 0 N–H and O–H groups in total. The number of nitrogens with zero attached hydrogens (tertiary/aromatic N) is 2. The number of hydrogen-bond acceptors (Lipinski definition) is 4. The molecule has 0 saturated carbocycles. The highest BCUT2D eigenvalue weighted by Gasteiger charge is 2.25. The lowest BCUT2D eigenvalue weighted by Crippen LogP contribution is -2.47. The molecule has 6 heteroatoms. The molecule has 1 aromatic carbocycles. The number of amides is 1. The monoisotopic (exact) mass is 334 g/mol. The van der Waals surface area contributed by atoms with Gasteiger partial charge in [0.2, 0.25) is 11.8 Å². The fourth-order valence-corrected chi connectivity index (χ4v) is 2.78. The number of aryl methyl sites for hydroxylation is 1. The summed E-state index contributed by atoms with van der Waals surface area (Å²) >= 11 is 5.89. The van der Waals surface area contributed by atoms with Crippen molar-refractivity contribution in [1.29, 1.82) is 0 Å². The highest BCUT2D eigenvalue weighted by atomic mass is 35.5. The third-order valence-electron chi connectivity index (χ3n) is 3.99. The summed E-state index contributed by atoms with van der Waals surface area (Å²) in [6, 6.07) is 7.37. The first-order chi connectivity index (χ1) is 11.0. The second kappa shape index (κ2) is 6.72. The Kier molecular flexibility index (Phi) is 4.68. The van der Waals surface area contributed by atoms with Gasteiger partial charge in [0.05, 0.1) is 31.4 Å². The van der Waals surface area contributed by atoms with Crippen LogP contribution in [0.15, 0.2) is 28.7 Å². The van der Waals surface area contributed by atoms with Crippen LogP contribution in [0.25, 0.3) is 11.5 Å². The minimum Gasteiger partial charge on any atom is -0.441 e. The largest absolute Gasteiger partial charge is 0.441 e. The third kappa shape index (κ3) is 3.57. The van der Waals surface area contributed by atoms with Crippen LogP contribution in [0.5, 0.6) is 0 Å². The number of hydrogen-bond donors (Lipinski definition) is 0. The molecular formula is C17H19ClN2O3. The van der Waals surface area contributed by atoms with Crippen molar-refractivity contribution >= 4 is 17.5 Å². The number of benzene rings is 1. The first kappa shape index (κ1) is 16.0. The van der Waals surface area contributed by atoms with Crippen LogP contribution >= 0.6 is 11.6 Å². The quantitative estimate of drug-likeness (QED) is 0.865. The number of ether oxygens (including phenoxy) is 1. The second-order valence-electron chi connectivity index (χ2n) is 5.72. The number of halogens is 1. The molecule has 2 heterocycles. The lowest BCUT2D eigenvalue weighted by molar-refractivity contribution is -0.138. The maximum absolute atomic E-state index is 12.5. The normalized spacial score (nSPS) is 18.2. The zero-order valence-corrected chi connectivity index (χ0v) is 14.0. The fraction of sp³-hybridized carbons (Fsp3) is 0.412. The number of rotatable bonds is 3. The molecule has 2 aromatic rings. The molecule has 1 amide bonds. The van der Waals surface area contributed by atoms with Crippen molar-refractivity contribution in [3.63, 3.8) is 0 Å². The highest BCUT2D eigenvalue weighted by Crippen LogP contribution is 2.24.